The number of rotatable bonds is 6. The maximum Gasteiger partial charge on any atom is 0.0642 e. The standard InChI is InChI=1S/C17H28ClN3/c1-13(2)19-10-15-6-5-7-16(18)17(15)21(4)12-14-8-9-20(3)11-14/h5-7,13-14,19H,8-12H2,1-4H3. The Kier molecular flexibility index (Phi) is 5.91. The molecule has 118 valence electrons. The number of anilines is 1. The summed E-state index contributed by atoms with van der Waals surface area (Å²) in [6.07, 6.45) is 1.28. The van der Waals surface area contributed by atoms with Gasteiger partial charge in [-0.15, -0.1) is 0 Å². The molecule has 1 saturated heterocycles. The lowest BCUT2D eigenvalue weighted by atomic mass is 10.1. The molecule has 0 saturated carbocycles. The second-order valence-corrected chi connectivity index (χ2v) is 6.99. The molecule has 1 unspecified atom stereocenters. The van der Waals surface area contributed by atoms with Crippen LogP contribution in [0.2, 0.25) is 5.02 Å². The molecule has 1 heterocycles. The largest absolute Gasteiger partial charge is 0.373 e. The van der Waals surface area contributed by atoms with Crippen molar-refractivity contribution in [2.45, 2.75) is 32.9 Å². The van der Waals surface area contributed by atoms with Crippen LogP contribution in [0.3, 0.4) is 0 Å². The molecule has 1 atom stereocenters. The Morgan fingerprint density at radius 3 is 2.81 bits per heavy atom. The van der Waals surface area contributed by atoms with Crippen LogP contribution in [0.4, 0.5) is 5.69 Å². The fourth-order valence-electron chi connectivity index (χ4n) is 3.10. The normalized spacial score (nSPS) is 19.4. The lowest BCUT2D eigenvalue weighted by Gasteiger charge is -2.27. The monoisotopic (exact) mass is 309 g/mol. The molecule has 1 N–H and O–H groups in total. The van der Waals surface area contributed by atoms with E-state index in [9.17, 15) is 0 Å². The van der Waals surface area contributed by atoms with Crippen LogP contribution in [0.5, 0.6) is 0 Å². The Morgan fingerprint density at radius 1 is 1.43 bits per heavy atom. The minimum Gasteiger partial charge on any atom is -0.373 e. The van der Waals surface area contributed by atoms with Gasteiger partial charge in [-0.05, 0) is 37.6 Å². The summed E-state index contributed by atoms with van der Waals surface area (Å²) in [6, 6.07) is 6.69. The second-order valence-electron chi connectivity index (χ2n) is 6.58. The highest BCUT2D eigenvalue weighted by molar-refractivity contribution is 6.33. The van der Waals surface area contributed by atoms with Crippen LogP contribution in [0, 0.1) is 5.92 Å². The van der Waals surface area contributed by atoms with Crippen molar-refractivity contribution in [3.63, 3.8) is 0 Å². The summed E-state index contributed by atoms with van der Waals surface area (Å²) >= 11 is 6.47. The van der Waals surface area contributed by atoms with E-state index in [0.717, 1.165) is 24.0 Å². The number of hydrogen-bond donors (Lipinski definition) is 1. The summed E-state index contributed by atoms with van der Waals surface area (Å²) in [5.74, 6) is 0.738. The van der Waals surface area contributed by atoms with Gasteiger partial charge in [0.25, 0.3) is 0 Å². The van der Waals surface area contributed by atoms with Crippen molar-refractivity contribution in [3.05, 3.63) is 28.8 Å². The highest BCUT2D eigenvalue weighted by Gasteiger charge is 2.22. The van der Waals surface area contributed by atoms with Crippen LogP contribution in [0.1, 0.15) is 25.8 Å². The third-order valence-corrected chi connectivity index (χ3v) is 4.48. The van der Waals surface area contributed by atoms with Crippen LogP contribution >= 0.6 is 11.6 Å². The first-order chi connectivity index (χ1) is 9.97. The molecule has 4 heteroatoms. The molecule has 0 bridgehead atoms. The molecule has 0 spiro atoms. The minimum atomic E-state index is 0.477. The van der Waals surface area contributed by atoms with Gasteiger partial charge in [0.05, 0.1) is 10.7 Å². The zero-order valence-corrected chi connectivity index (χ0v) is 14.5. The summed E-state index contributed by atoms with van der Waals surface area (Å²) in [7, 11) is 4.37. The fourth-order valence-corrected chi connectivity index (χ4v) is 3.44. The first-order valence-electron chi connectivity index (χ1n) is 7.87. The van der Waals surface area contributed by atoms with E-state index in [1.807, 2.05) is 12.1 Å². The maximum atomic E-state index is 6.47. The predicted molar refractivity (Wildman–Crippen MR) is 92.3 cm³/mol. The Labute approximate surface area is 134 Å². The maximum absolute atomic E-state index is 6.47. The SMILES string of the molecule is CC(C)NCc1cccc(Cl)c1N(C)CC1CCN(C)C1. The van der Waals surface area contributed by atoms with Crippen LogP contribution in [0.25, 0.3) is 0 Å². The first-order valence-corrected chi connectivity index (χ1v) is 8.25. The summed E-state index contributed by atoms with van der Waals surface area (Å²) in [6.45, 7) is 8.67. The molecule has 2 rings (SSSR count). The zero-order valence-electron chi connectivity index (χ0n) is 13.7. The number of benzene rings is 1. The number of nitrogens with zero attached hydrogens (tertiary/aromatic N) is 2. The third kappa shape index (κ3) is 4.60. The highest BCUT2D eigenvalue weighted by Crippen LogP contribution is 2.30. The van der Waals surface area contributed by atoms with Gasteiger partial charge < -0.3 is 15.1 Å². The average molecular weight is 310 g/mol. The van der Waals surface area contributed by atoms with Crippen LogP contribution < -0.4 is 10.2 Å². The molecule has 3 nitrogen and oxygen atoms in total. The number of hydrogen-bond acceptors (Lipinski definition) is 3. The molecule has 1 fully saturated rings. The topological polar surface area (TPSA) is 18.5 Å². The number of likely N-dealkylation sites (tertiary alicyclic amines) is 1. The van der Waals surface area contributed by atoms with Gasteiger partial charge >= 0.3 is 0 Å². The molecule has 1 aromatic carbocycles. The van der Waals surface area contributed by atoms with E-state index in [1.54, 1.807) is 0 Å². The van der Waals surface area contributed by atoms with E-state index >= 15 is 0 Å². The van der Waals surface area contributed by atoms with Gasteiger partial charge in [0.1, 0.15) is 0 Å². The van der Waals surface area contributed by atoms with Crippen LogP contribution in [-0.2, 0) is 6.54 Å². The van der Waals surface area contributed by atoms with Gasteiger partial charge in [-0.25, -0.2) is 0 Å². The molecule has 0 radical (unpaired) electrons. The van der Waals surface area contributed by atoms with Gasteiger partial charge in [-0.3, -0.25) is 0 Å². The number of nitrogens with one attached hydrogen (secondary N) is 1. The second kappa shape index (κ2) is 7.48. The number of halogens is 1. The quantitative estimate of drug-likeness (QED) is 0.870. The van der Waals surface area contributed by atoms with Gasteiger partial charge in [-0.1, -0.05) is 37.6 Å². The molecule has 0 amide bonds. The van der Waals surface area contributed by atoms with Gasteiger partial charge in [0.15, 0.2) is 0 Å². The summed E-state index contributed by atoms with van der Waals surface area (Å²) in [5.41, 5.74) is 2.46. The van der Waals surface area contributed by atoms with Crippen molar-refractivity contribution in [3.8, 4) is 0 Å². The Hall–Kier alpha value is -0.770. The van der Waals surface area contributed by atoms with Gasteiger partial charge in [0, 0.05) is 32.7 Å². The minimum absolute atomic E-state index is 0.477. The van der Waals surface area contributed by atoms with Crippen molar-refractivity contribution in [1.29, 1.82) is 0 Å². The molecular formula is C17H28ClN3. The first kappa shape index (κ1) is 16.6. The lowest BCUT2D eigenvalue weighted by molar-refractivity contribution is 0.396. The number of para-hydroxylation sites is 1. The summed E-state index contributed by atoms with van der Waals surface area (Å²) in [4.78, 5) is 4.75. The molecule has 1 aromatic rings. The summed E-state index contributed by atoms with van der Waals surface area (Å²) in [5, 5.41) is 4.35. The Balaban J connectivity index is 2.09. The molecule has 0 aliphatic carbocycles. The smallest absolute Gasteiger partial charge is 0.0642 e. The van der Waals surface area contributed by atoms with Crippen molar-refractivity contribution in [2.75, 3.05) is 38.6 Å². The molecule has 0 aromatic heterocycles. The Bertz CT molecular complexity index is 461. The molecule has 1 aliphatic heterocycles. The highest BCUT2D eigenvalue weighted by atomic mass is 35.5. The van der Waals surface area contributed by atoms with Crippen molar-refractivity contribution < 1.29 is 0 Å². The van der Waals surface area contributed by atoms with Gasteiger partial charge in [0.2, 0.25) is 0 Å². The average Bonchev–Trinajstić information content (AvgIpc) is 2.81. The summed E-state index contributed by atoms with van der Waals surface area (Å²) < 4.78 is 0. The third-order valence-electron chi connectivity index (χ3n) is 4.17. The van der Waals surface area contributed by atoms with E-state index in [0.29, 0.717) is 6.04 Å². The van der Waals surface area contributed by atoms with E-state index in [2.05, 4.69) is 49.1 Å². The van der Waals surface area contributed by atoms with E-state index in [4.69, 9.17) is 11.6 Å². The molecule has 1 aliphatic rings. The predicted octanol–water partition coefficient (Wildman–Crippen LogP) is 3.23. The van der Waals surface area contributed by atoms with Crippen LogP contribution in [0.15, 0.2) is 18.2 Å². The fraction of sp³-hybridized carbons (Fsp3) is 0.647. The molecular weight excluding hydrogens is 282 g/mol. The van der Waals surface area contributed by atoms with E-state index in [-0.39, 0.29) is 0 Å². The zero-order chi connectivity index (χ0) is 15.4. The Morgan fingerprint density at radius 2 is 2.19 bits per heavy atom. The van der Waals surface area contributed by atoms with Crippen LogP contribution in [-0.4, -0.2) is 44.7 Å². The van der Waals surface area contributed by atoms with Crippen molar-refractivity contribution in [2.24, 2.45) is 5.92 Å². The van der Waals surface area contributed by atoms with Gasteiger partial charge in [-0.2, -0.15) is 0 Å². The molecule has 21 heavy (non-hydrogen) atoms. The van der Waals surface area contributed by atoms with Crippen molar-refractivity contribution in [1.82, 2.24) is 10.2 Å². The lowest BCUT2D eigenvalue weighted by Crippen LogP contribution is -2.29. The van der Waals surface area contributed by atoms with E-state index < -0.39 is 0 Å². The van der Waals surface area contributed by atoms with Crippen molar-refractivity contribution >= 4 is 17.3 Å². The van der Waals surface area contributed by atoms with E-state index in [1.165, 1.54) is 30.8 Å².